The molecule has 1 aromatic carbocycles. The molecule has 0 fully saturated rings. The van der Waals surface area contributed by atoms with Gasteiger partial charge < -0.3 is 24.8 Å². The number of urea groups is 1. The third-order valence-electron chi connectivity index (χ3n) is 3.35. The highest BCUT2D eigenvalue weighted by Crippen LogP contribution is 2.40. The number of hydrogen-bond donors (Lipinski definition) is 2. The molecule has 0 heterocycles. The van der Waals surface area contributed by atoms with Gasteiger partial charge in [-0.3, -0.25) is 0 Å². The summed E-state index contributed by atoms with van der Waals surface area (Å²) in [5, 5.41) is 5.82. The Labute approximate surface area is 144 Å². The normalized spacial score (nSPS) is 11.7. The second kappa shape index (κ2) is 7.64. The van der Waals surface area contributed by atoms with Crippen molar-refractivity contribution >= 4 is 11.7 Å². The molecule has 0 saturated heterocycles. The first-order valence-corrected chi connectivity index (χ1v) is 7.90. The van der Waals surface area contributed by atoms with Gasteiger partial charge in [0.05, 0.1) is 27.0 Å². The van der Waals surface area contributed by atoms with Crippen LogP contribution in [0.15, 0.2) is 12.1 Å². The largest absolute Gasteiger partial charge is 0.493 e. The van der Waals surface area contributed by atoms with E-state index in [1.807, 2.05) is 13.8 Å². The Kier molecular flexibility index (Phi) is 6.35. The summed E-state index contributed by atoms with van der Waals surface area (Å²) < 4.78 is 15.9. The van der Waals surface area contributed by atoms with Crippen LogP contribution in [0.4, 0.5) is 10.5 Å². The molecule has 1 rings (SSSR count). The van der Waals surface area contributed by atoms with Crippen molar-refractivity contribution in [2.75, 3.05) is 26.6 Å². The summed E-state index contributed by atoms with van der Waals surface area (Å²) in [5.41, 5.74) is 0.348. The minimum absolute atomic E-state index is 0.114. The Morgan fingerprint density at radius 3 is 1.83 bits per heavy atom. The maximum atomic E-state index is 12.3. The Hall–Kier alpha value is -2.11. The zero-order valence-corrected chi connectivity index (χ0v) is 16.0. The topological polar surface area (TPSA) is 68.8 Å². The van der Waals surface area contributed by atoms with Crippen LogP contribution in [0.2, 0.25) is 0 Å². The lowest BCUT2D eigenvalue weighted by Crippen LogP contribution is -2.47. The van der Waals surface area contributed by atoms with Crippen molar-refractivity contribution in [1.82, 2.24) is 5.32 Å². The molecule has 0 radical (unpaired) electrons. The fourth-order valence-corrected chi connectivity index (χ4v) is 2.99. The van der Waals surface area contributed by atoms with Crippen molar-refractivity contribution in [2.45, 2.75) is 46.6 Å². The summed E-state index contributed by atoms with van der Waals surface area (Å²) in [5.74, 6) is 1.46. The molecular weight excluding hydrogens is 308 g/mol. The number of benzene rings is 1. The molecule has 1 aromatic rings. The van der Waals surface area contributed by atoms with Crippen LogP contribution in [-0.4, -0.2) is 32.9 Å². The number of ether oxygens (including phenoxy) is 3. The number of rotatable bonds is 6. The lowest BCUT2D eigenvalue weighted by Gasteiger charge is -2.33. The highest BCUT2D eigenvalue weighted by atomic mass is 16.5. The van der Waals surface area contributed by atoms with E-state index in [1.54, 1.807) is 12.1 Å². The van der Waals surface area contributed by atoms with Gasteiger partial charge in [-0.1, -0.05) is 20.8 Å². The fourth-order valence-electron chi connectivity index (χ4n) is 2.99. The Morgan fingerprint density at radius 2 is 1.46 bits per heavy atom. The molecule has 0 bridgehead atoms. The average Bonchev–Trinajstić information content (AvgIpc) is 2.42. The first-order valence-electron chi connectivity index (χ1n) is 7.90. The van der Waals surface area contributed by atoms with Crippen LogP contribution >= 0.6 is 0 Å². The van der Waals surface area contributed by atoms with E-state index in [1.165, 1.54) is 21.3 Å². The van der Waals surface area contributed by atoms with Gasteiger partial charge >= 0.3 is 6.03 Å². The first-order chi connectivity index (χ1) is 11.0. The van der Waals surface area contributed by atoms with E-state index in [2.05, 4.69) is 31.4 Å². The highest BCUT2D eigenvalue weighted by molar-refractivity contribution is 5.90. The summed E-state index contributed by atoms with van der Waals surface area (Å²) in [6, 6.07) is 3.11. The maximum Gasteiger partial charge on any atom is 0.319 e. The van der Waals surface area contributed by atoms with Gasteiger partial charge in [0.15, 0.2) is 11.5 Å². The van der Waals surface area contributed by atoms with Gasteiger partial charge in [0.25, 0.3) is 0 Å². The fraction of sp³-hybridized carbons (Fsp3) is 0.611. The molecule has 6 heteroatoms. The Morgan fingerprint density at radius 1 is 0.958 bits per heavy atom. The SMILES string of the molecule is COc1cc(NC(=O)NC(C)(C)CC(C)(C)C)cc(OC)c1OC. The number of nitrogens with one attached hydrogen (secondary N) is 2. The molecule has 6 nitrogen and oxygen atoms in total. The first kappa shape index (κ1) is 19.9. The van der Waals surface area contributed by atoms with Crippen molar-refractivity contribution in [3.63, 3.8) is 0 Å². The van der Waals surface area contributed by atoms with E-state index in [9.17, 15) is 4.79 Å². The lowest BCUT2D eigenvalue weighted by atomic mass is 9.82. The molecule has 2 N–H and O–H groups in total. The van der Waals surface area contributed by atoms with Crippen LogP contribution in [0.1, 0.15) is 41.0 Å². The zero-order valence-electron chi connectivity index (χ0n) is 16.0. The molecule has 0 atom stereocenters. The number of carbonyl (C=O) groups is 1. The summed E-state index contributed by atoms with van der Waals surface area (Å²) >= 11 is 0. The van der Waals surface area contributed by atoms with E-state index in [4.69, 9.17) is 14.2 Å². The minimum Gasteiger partial charge on any atom is -0.493 e. The number of anilines is 1. The third-order valence-corrected chi connectivity index (χ3v) is 3.35. The highest BCUT2D eigenvalue weighted by Gasteiger charge is 2.27. The molecule has 0 aliphatic carbocycles. The standard InChI is InChI=1S/C18H30N2O4/c1-17(2,3)11-18(4,5)20-16(21)19-12-9-13(22-6)15(24-8)14(10-12)23-7/h9-10H,11H2,1-8H3,(H2,19,20,21). The van der Waals surface area contributed by atoms with Gasteiger partial charge in [-0.05, 0) is 25.7 Å². The maximum absolute atomic E-state index is 12.3. The van der Waals surface area contributed by atoms with E-state index >= 15 is 0 Å². The Balaban J connectivity index is 2.91. The lowest BCUT2D eigenvalue weighted by molar-refractivity contribution is 0.220. The van der Waals surface area contributed by atoms with Gasteiger partial charge in [0, 0.05) is 17.7 Å². The van der Waals surface area contributed by atoms with Crippen LogP contribution in [0.3, 0.4) is 0 Å². The predicted molar refractivity (Wildman–Crippen MR) is 96.4 cm³/mol. The molecule has 0 spiro atoms. The second-order valence-corrected chi connectivity index (χ2v) is 7.61. The number of carbonyl (C=O) groups excluding carboxylic acids is 1. The van der Waals surface area contributed by atoms with Gasteiger partial charge in [0.1, 0.15) is 0 Å². The van der Waals surface area contributed by atoms with Crippen molar-refractivity contribution in [3.8, 4) is 17.2 Å². The summed E-state index contributed by atoms with van der Waals surface area (Å²) in [6.07, 6.45) is 0.850. The summed E-state index contributed by atoms with van der Waals surface area (Å²) in [7, 11) is 4.61. The zero-order chi connectivity index (χ0) is 18.5. The quantitative estimate of drug-likeness (QED) is 0.821. The van der Waals surface area contributed by atoms with Gasteiger partial charge in [0.2, 0.25) is 5.75 Å². The third kappa shape index (κ3) is 5.83. The molecule has 0 aliphatic heterocycles. The molecule has 2 amide bonds. The van der Waals surface area contributed by atoms with Gasteiger partial charge in [-0.2, -0.15) is 0 Å². The van der Waals surface area contributed by atoms with Crippen LogP contribution in [-0.2, 0) is 0 Å². The van der Waals surface area contributed by atoms with Crippen LogP contribution in [0.25, 0.3) is 0 Å². The number of methoxy groups -OCH3 is 3. The van der Waals surface area contributed by atoms with Crippen LogP contribution in [0.5, 0.6) is 17.2 Å². The minimum atomic E-state index is -0.330. The Bertz CT molecular complexity index is 552. The molecule has 0 aromatic heterocycles. The van der Waals surface area contributed by atoms with Crippen LogP contribution < -0.4 is 24.8 Å². The summed E-state index contributed by atoms with van der Waals surface area (Å²) in [4.78, 5) is 12.3. The van der Waals surface area contributed by atoms with E-state index in [0.717, 1.165) is 6.42 Å². The van der Waals surface area contributed by atoms with E-state index in [-0.39, 0.29) is 17.0 Å². The number of amides is 2. The monoisotopic (exact) mass is 338 g/mol. The molecule has 0 unspecified atom stereocenters. The molecule has 0 saturated carbocycles. The van der Waals surface area contributed by atoms with Crippen molar-refractivity contribution < 1.29 is 19.0 Å². The van der Waals surface area contributed by atoms with Crippen molar-refractivity contribution in [1.29, 1.82) is 0 Å². The molecule has 136 valence electrons. The van der Waals surface area contributed by atoms with Crippen molar-refractivity contribution in [3.05, 3.63) is 12.1 Å². The van der Waals surface area contributed by atoms with Crippen molar-refractivity contribution in [2.24, 2.45) is 5.41 Å². The second-order valence-electron chi connectivity index (χ2n) is 7.61. The van der Waals surface area contributed by atoms with Crippen LogP contribution in [0, 0.1) is 5.41 Å². The molecular formula is C18H30N2O4. The summed E-state index contributed by atoms with van der Waals surface area (Å²) in [6.45, 7) is 10.5. The smallest absolute Gasteiger partial charge is 0.319 e. The number of hydrogen-bond acceptors (Lipinski definition) is 4. The molecule has 24 heavy (non-hydrogen) atoms. The van der Waals surface area contributed by atoms with E-state index in [0.29, 0.717) is 22.9 Å². The van der Waals surface area contributed by atoms with E-state index < -0.39 is 0 Å². The average molecular weight is 338 g/mol. The van der Waals surface area contributed by atoms with Gasteiger partial charge in [-0.15, -0.1) is 0 Å². The van der Waals surface area contributed by atoms with Gasteiger partial charge in [-0.25, -0.2) is 4.79 Å². The predicted octanol–water partition coefficient (Wildman–Crippen LogP) is 4.05. The molecule has 0 aliphatic rings.